The number of sulfonamides is 1. The molecule has 3 amide bonds. The number of piperidine rings is 1. The monoisotopic (exact) mass is 395 g/mol. The summed E-state index contributed by atoms with van der Waals surface area (Å²) in [5.41, 5.74) is 0. The molecule has 9 heteroatoms. The largest absolute Gasteiger partial charge is 0.341 e. The normalized spacial score (nSPS) is 33.4. The van der Waals surface area contributed by atoms with Crippen LogP contribution in [0.1, 0.15) is 19.3 Å². The summed E-state index contributed by atoms with van der Waals surface area (Å²) >= 11 is 0. The minimum Gasteiger partial charge on any atom is -0.341 e. The molecule has 1 saturated carbocycles. The highest BCUT2D eigenvalue weighted by Crippen LogP contribution is 2.52. The van der Waals surface area contributed by atoms with Crippen LogP contribution < -0.4 is 0 Å². The van der Waals surface area contributed by atoms with Crippen molar-refractivity contribution in [2.45, 2.75) is 25.3 Å². The molecule has 4 rings (SSSR count). The Hall–Kier alpha value is -1.74. The average molecular weight is 395 g/mol. The zero-order valence-electron chi connectivity index (χ0n) is 15.6. The maximum atomic E-state index is 12.7. The third kappa shape index (κ3) is 3.00. The molecule has 4 aliphatic rings. The minimum absolute atomic E-state index is 0.125. The van der Waals surface area contributed by atoms with Crippen molar-refractivity contribution < 1.29 is 22.8 Å². The number of carbonyl (C=O) groups excluding carboxylic acids is 3. The van der Waals surface area contributed by atoms with Crippen LogP contribution in [0, 0.1) is 23.7 Å². The fourth-order valence-electron chi connectivity index (χ4n) is 5.10. The Morgan fingerprint density at radius 1 is 1.11 bits per heavy atom. The van der Waals surface area contributed by atoms with Crippen LogP contribution in [-0.4, -0.2) is 79.2 Å². The summed E-state index contributed by atoms with van der Waals surface area (Å²) in [4.78, 5) is 40.8. The molecule has 27 heavy (non-hydrogen) atoms. The molecule has 4 unspecified atom stereocenters. The number of allylic oxidation sites excluding steroid dienone is 2. The van der Waals surface area contributed by atoms with Gasteiger partial charge < -0.3 is 4.90 Å². The van der Waals surface area contributed by atoms with Gasteiger partial charge in [0.05, 0.1) is 18.1 Å². The third-order valence-electron chi connectivity index (χ3n) is 6.71. The molecule has 0 radical (unpaired) electrons. The van der Waals surface area contributed by atoms with Crippen molar-refractivity contribution in [1.82, 2.24) is 14.1 Å². The molecule has 2 bridgehead atoms. The molecule has 0 aromatic rings. The summed E-state index contributed by atoms with van der Waals surface area (Å²) in [5, 5.41) is 0. The summed E-state index contributed by atoms with van der Waals surface area (Å²) in [6.45, 7) is 0.662. The van der Waals surface area contributed by atoms with Gasteiger partial charge in [-0.05, 0) is 31.1 Å². The fraction of sp³-hybridized carbons (Fsp3) is 0.722. The Morgan fingerprint density at radius 3 is 2.11 bits per heavy atom. The number of carbonyl (C=O) groups is 3. The van der Waals surface area contributed by atoms with Gasteiger partial charge in [-0.1, -0.05) is 12.2 Å². The van der Waals surface area contributed by atoms with Crippen LogP contribution in [-0.2, 0) is 24.4 Å². The number of hydrogen-bond acceptors (Lipinski definition) is 5. The number of likely N-dealkylation sites (tertiary alicyclic amines) is 2. The van der Waals surface area contributed by atoms with Crippen LogP contribution in [0.4, 0.5) is 0 Å². The van der Waals surface area contributed by atoms with Gasteiger partial charge in [0.15, 0.2) is 0 Å². The van der Waals surface area contributed by atoms with Crippen LogP contribution >= 0.6 is 0 Å². The molecule has 8 nitrogen and oxygen atoms in total. The maximum Gasteiger partial charge on any atom is 0.242 e. The molecule has 0 N–H and O–H groups in total. The lowest BCUT2D eigenvalue weighted by molar-refractivity contribution is -0.147. The van der Waals surface area contributed by atoms with Crippen molar-refractivity contribution in [1.29, 1.82) is 0 Å². The van der Waals surface area contributed by atoms with Crippen molar-refractivity contribution in [2.24, 2.45) is 23.7 Å². The Bertz CT molecular complexity index is 785. The van der Waals surface area contributed by atoms with Crippen LogP contribution in [0.25, 0.3) is 0 Å². The fourth-order valence-corrected chi connectivity index (χ4v) is 5.86. The first-order valence-corrected chi connectivity index (χ1v) is 11.3. The van der Waals surface area contributed by atoms with Gasteiger partial charge in [0.2, 0.25) is 27.7 Å². The highest BCUT2D eigenvalue weighted by molar-refractivity contribution is 7.88. The van der Waals surface area contributed by atoms with Gasteiger partial charge in [-0.25, -0.2) is 12.7 Å². The van der Waals surface area contributed by atoms with Crippen molar-refractivity contribution >= 4 is 27.7 Å². The van der Waals surface area contributed by atoms with E-state index in [0.29, 0.717) is 25.9 Å². The van der Waals surface area contributed by atoms with Gasteiger partial charge in [-0.3, -0.25) is 19.3 Å². The van der Waals surface area contributed by atoms with E-state index in [1.54, 1.807) is 11.9 Å². The molecule has 2 aliphatic carbocycles. The molecule has 2 aliphatic heterocycles. The Kier molecular flexibility index (Phi) is 4.42. The molecule has 2 heterocycles. The number of nitrogens with zero attached hydrogens (tertiary/aromatic N) is 3. The molecule has 0 aromatic heterocycles. The summed E-state index contributed by atoms with van der Waals surface area (Å²) in [6, 6.07) is -0.125. The smallest absolute Gasteiger partial charge is 0.242 e. The second-order valence-corrected chi connectivity index (χ2v) is 10.2. The van der Waals surface area contributed by atoms with Crippen LogP contribution in [0.5, 0.6) is 0 Å². The predicted octanol–water partition coefficient (Wildman–Crippen LogP) is -0.324. The highest BCUT2D eigenvalue weighted by atomic mass is 32.2. The SMILES string of the molecule is CN(C1CCN(C(=O)CN2C(=O)C3C4C=CC(C4)C3C2=O)CC1)S(C)(=O)=O. The van der Waals surface area contributed by atoms with E-state index < -0.39 is 10.0 Å². The van der Waals surface area contributed by atoms with Crippen LogP contribution in [0.2, 0.25) is 0 Å². The Balaban J connectivity index is 1.36. The van der Waals surface area contributed by atoms with Gasteiger partial charge in [-0.2, -0.15) is 0 Å². The van der Waals surface area contributed by atoms with E-state index in [1.807, 2.05) is 12.2 Å². The predicted molar refractivity (Wildman–Crippen MR) is 96.6 cm³/mol. The quantitative estimate of drug-likeness (QED) is 0.480. The van der Waals surface area contributed by atoms with E-state index in [0.717, 1.165) is 11.3 Å². The summed E-state index contributed by atoms with van der Waals surface area (Å²) in [5.74, 6) is -0.942. The summed E-state index contributed by atoms with van der Waals surface area (Å²) in [6.07, 6.45) is 7.22. The second kappa shape index (κ2) is 6.41. The second-order valence-electron chi connectivity index (χ2n) is 8.15. The van der Waals surface area contributed by atoms with Gasteiger partial charge in [0.25, 0.3) is 0 Å². The minimum atomic E-state index is -3.26. The lowest BCUT2D eigenvalue weighted by Gasteiger charge is -2.36. The third-order valence-corrected chi connectivity index (χ3v) is 8.05. The number of amides is 3. The lowest BCUT2D eigenvalue weighted by Crippen LogP contribution is -2.50. The first-order valence-electron chi connectivity index (χ1n) is 9.43. The number of fused-ring (bicyclic) bond motifs is 5. The van der Waals surface area contributed by atoms with Crippen molar-refractivity contribution in [3.8, 4) is 0 Å². The van der Waals surface area contributed by atoms with Crippen molar-refractivity contribution in [2.75, 3.05) is 32.9 Å². The van der Waals surface area contributed by atoms with E-state index in [1.165, 1.54) is 10.6 Å². The Morgan fingerprint density at radius 2 is 1.63 bits per heavy atom. The number of hydrogen-bond donors (Lipinski definition) is 0. The van der Waals surface area contributed by atoms with Gasteiger partial charge in [-0.15, -0.1) is 0 Å². The van der Waals surface area contributed by atoms with Gasteiger partial charge in [0.1, 0.15) is 6.54 Å². The molecule has 4 atom stereocenters. The molecule has 3 fully saturated rings. The topological polar surface area (TPSA) is 95.1 Å². The van der Waals surface area contributed by atoms with Crippen LogP contribution in [0.15, 0.2) is 12.2 Å². The molecule has 0 aromatic carbocycles. The molecular weight excluding hydrogens is 370 g/mol. The van der Waals surface area contributed by atoms with Gasteiger partial charge in [0, 0.05) is 26.2 Å². The van der Waals surface area contributed by atoms with Crippen molar-refractivity contribution in [3.63, 3.8) is 0 Å². The maximum absolute atomic E-state index is 12.7. The summed E-state index contributed by atoms with van der Waals surface area (Å²) < 4.78 is 24.7. The summed E-state index contributed by atoms with van der Waals surface area (Å²) in [7, 11) is -1.70. The zero-order valence-corrected chi connectivity index (χ0v) is 16.4. The average Bonchev–Trinajstić information content (AvgIpc) is 3.30. The van der Waals surface area contributed by atoms with E-state index in [4.69, 9.17) is 0 Å². The molecule has 148 valence electrons. The van der Waals surface area contributed by atoms with Crippen LogP contribution in [0.3, 0.4) is 0 Å². The number of imide groups is 1. The van der Waals surface area contributed by atoms with Crippen molar-refractivity contribution in [3.05, 3.63) is 12.2 Å². The number of rotatable bonds is 4. The highest BCUT2D eigenvalue weighted by Gasteiger charge is 2.59. The van der Waals surface area contributed by atoms with E-state index in [-0.39, 0.29) is 54.0 Å². The van der Waals surface area contributed by atoms with Gasteiger partial charge >= 0.3 is 0 Å². The molecular formula is C18H25N3O5S. The molecule has 0 spiro atoms. The zero-order chi connectivity index (χ0) is 19.5. The molecule has 2 saturated heterocycles. The Labute approximate surface area is 159 Å². The first-order chi connectivity index (χ1) is 12.7. The standard InChI is InChI=1S/C18H25N3O5S/c1-19(27(2,25)26)13-5-7-20(8-6-13)14(22)10-21-17(23)15-11-3-4-12(9-11)16(15)18(21)24/h3-4,11-13,15-16H,5-10H2,1-2H3. The van der Waals surface area contributed by atoms with E-state index in [9.17, 15) is 22.8 Å². The lowest BCUT2D eigenvalue weighted by atomic mass is 9.85. The first kappa shape index (κ1) is 18.6. The van der Waals surface area contributed by atoms with E-state index in [2.05, 4.69) is 0 Å². The van der Waals surface area contributed by atoms with E-state index >= 15 is 0 Å².